The van der Waals surface area contributed by atoms with Crippen LogP contribution in [-0.2, 0) is 0 Å². The molecule has 3 heteroatoms. The molecule has 0 saturated carbocycles. The Labute approximate surface area is 117 Å². The molecule has 0 aliphatic heterocycles. The highest BCUT2D eigenvalue weighted by atomic mass is 32.2. The van der Waals surface area contributed by atoms with Gasteiger partial charge in [0.2, 0.25) is 0 Å². The SMILES string of the molecule is COc1ccc(S/C=C(\C#N)c2ccccc2)cc1. The lowest BCUT2D eigenvalue weighted by Crippen LogP contribution is -1.81. The Morgan fingerprint density at radius 3 is 2.37 bits per heavy atom. The molecule has 94 valence electrons. The van der Waals surface area contributed by atoms with Gasteiger partial charge in [0.05, 0.1) is 12.7 Å². The molecular weight excluding hydrogens is 254 g/mol. The molecule has 0 spiro atoms. The number of nitrogens with zero attached hydrogens (tertiary/aromatic N) is 1. The summed E-state index contributed by atoms with van der Waals surface area (Å²) >= 11 is 1.53. The van der Waals surface area contributed by atoms with Crippen molar-refractivity contribution in [1.82, 2.24) is 0 Å². The molecule has 2 nitrogen and oxygen atoms in total. The smallest absolute Gasteiger partial charge is 0.118 e. The first kappa shape index (κ1) is 13.3. The Kier molecular flexibility index (Phi) is 4.66. The van der Waals surface area contributed by atoms with Crippen LogP contribution in [0.25, 0.3) is 5.57 Å². The molecule has 0 aliphatic rings. The number of allylic oxidation sites excluding steroid dienone is 1. The third-order valence-corrected chi connectivity index (χ3v) is 3.48. The molecule has 0 radical (unpaired) electrons. The molecule has 2 rings (SSSR count). The second-order valence-corrected chi connectivity index (χ2v) is 4.75. The molecule has 0 aliphatic carbocycles. The number of hydrogen-bond acceptors (Lipinski definition) is 3. The molecule has 2 aromatic rings. The fourth-order valence-corrected chi connectivity index (χ4v) is 2.29. The molecule has 0 aromatic heterocycles. The molecule has 0 atom stereocenters. The quantitative estimate of drug-likeness (QED) is 0.610. The summed E-state index contributed by atoms with van der Waals surface area (Å²) in [6, 6.07) is 19.7. The fourth-order valence-electron chi connectivity index (χ4n) is 1.56. The van der Waals surface area contributed by atoms with Gasteiger partial charge in [0.15, 0.2) is 0 Å². The van der Waals surface area contributed by atoms with Crippen molar-refractivity contribution in [2.24, 2.45) is 0 Å². The second-order valence-electron chi connectivity index (χ2n) is 3.80. The average molecular weight is 267 g/mol. The third-order valence-electron chi connectivity index (χ3n) is 2.58. The van der Waals surface area contributed by atoms with Gasteiger partial charge >= 0.3 is 0 Å². The van der Waals surface area contributed by atoms with Crippen molar-refractivity contribution < 1.29 is 4.74 Å². The van der Waals surface area contributed by atoms with Crippen LogP contribution in [0.15, 0.2) is 64.9 Å². The minimum absolute atomic E-state index is 0.668. The van der Waals surface area contributed by atoms with E-state index >= 15 is 0 Å². The van der Waals surface area contributed by atoms with E-state index in [4.69, 9.17) is 4.74 Å². The van der Waals surface area contributed by atoms with E-state index in [9.17, 15) is 5.26 Å². The van der Waals surface area contributed by atoms with Gasteiger partial charge < -0.3 is 4.74 Å². The lowest BCUT2D eigenvalue weighted by atomic mass is 10.1. The number of rotatable bonds is 4. The van der Waals surface area contributed by atoms with Crippen molar-refractivity contribution in [2.75, 3.05) is 7.11 Å². The summed E-state index contributed by atoms with van der Waals surface area (Å²) in [5, 5.41) is 11.1. The Morgan fingerprint density at radius 1 is 1.11 bits per heavy atom. The monoisotopic (exact) mass is 267 g/mol. The van der Waals surface area contributed by atoms with E-state index in [1.807, 2.05) is 60.0 Å². The maximum Gasteiger partial charge on any atom is 0.118 e. The van der Waals surface area contributed by atoms with E-state index in [0.29, 0.717) is 5.57 Å². The third kappa shape index (κ3) is 3.64. The first-order valence-electron chi connectivity index (χ1n) is 5.80. The van der Waals surface area contributed by atoms with Crippen LogP contribution in [-0.4, -0.2) is 7.11 Å². The van der Waals surface area contributed by atoms with Gasteiger partial charge in [-0.3, -0.25) is 0 Å². The Balaban J connectivity index is 2.14. The molecular formula is C16H13NOS. The molecule has 2 aromatic carbocycles. The van der Waals surface area contributed by atoms with Crippen molar-refractivity contribution in [2.45, 2.75) is 4.90 Å². The van der Waals surface area contributed by atoms with Crippen LogP contribution < -0.4 is 4.74 Å². The highest BCUT2D eigenvalue weighted by molar-refractivity contribution is 8.02. The van der Waals surface area contributed by atoms with Crippen LogP contribution in [0.4, 0.5) is 0 Å². The lowest BCUT2D eigenvalue weighted by Gasteiger charge is -2.01. The molecule has 0 unspecified atom stereocenters. The minimum atomic E-state index is 0.668. The minimum Gasteiger partial charge on any atom is -0.497 e. The van der Waals surface area contributed by atoms with Gasteiger partial charge in [-0.2, -0.15) is 5.26 Å². The Hall–Kier alpha value is -2.18. The number of benzene rings is 2. The van der Waals surface area contributed by atoms with Crippen LogP contribution >= 0.6 is 11.8 Å². The van der Waals surface area contributed by atoms with Gasteiger partial charge in [0, 0.05) is 4.90 Å². The maximum absolute atomic E-state index is 9.19. The van der Waals surface area contributed by atoms with Gasteiger partial charge in [-0.15, -0.1) is 0 Å². The summed E-state index contributed by atoms with van der Waals surface area (Å²) in [5.74, 6) is 0.830. The van der Waals surface area contributed by atoms with E-state index in [1.54, 1.807) is 7.11 Å². The number of methoxy groups -OCH3 is 1. The van der Waals surface area contributed by atoms with E-state index < -0.39 is 0 Å². The topological polar surface area (TPSA) is 33.0 Å². The van der Waals surface area contributed by atoms with E-state index in [2.05, 4.69) is 6.07 Å². The normalized spacial score (nSPS) is 10.8. The average Bonchev–Trinajstić information content (AvgIpc) is 2.49. The van der Waals surface area contributed by atoms with Crippen LogP contribution in [0.3, 0.4) is 0 Å². The van der Waals surface area contributed by atoms with Crippen LogP contribution in [0, 0.1) is 11.3 Å². The first-order chi connectivity index (χ1) is 9.33. The zero-order chi connectivity index (χ0) is 13.5. The van der Waals surface area contributed by atoms with Crippen molar-refractivity contribution in [3.8, 4) is 11.8 Å². The second kappa shape index (κ2) is 6.67. The van der Waals surface area contributed by atoms with Crippen LogP contribution in [0.2, 0.25) is 0 Å². The zero-order valence-corrected chi connectivity index (χ0v) is 11.4. The first-order valence-corrected chi connectivity index (χ1v) is 6.68. The molecule has 0 bridgehead atoms. The maximum atomic E-state index is 9.19. The van der Waals surface area contributed by atoms with E-state index in [0.717, 1.165) is 16.2 Å². The number of nitriles is 1. The fraction of sp³-hybridized carbons (Fsp3) is 0.0625. The predicted molar refractivity (Wildman–Crippen MR) is 78.9 cm³/mol. The Morgan fingerprint density at radius 2 is 1.79 bits per heavy atom. The van der Waals surface area contributed by atoms with Gasteiger partial charge in [0.25, 0.3) is 0 Å². The summed E-state index contributed by atoms with van der Waals surface area (Å²) in [5.41, 5.74) is 1.60. The standard InChI is InChI=1S/C16H13NOS/c1-18-15-7-9-16(10-8-15)19-12-14(11-17)13-5-3-2-4-6-13/h2-10,12H,1H3/b14-12+. The Bertz CT molecular complexity index is 597. The summed E-state index contributed by atoms with van der Waals surface area (Å²) in [6.07, 6.45) is 0. The molecule has 19 heavy (non-hydrogen) atoms. The van der Waals surface area contributed by atoms with Crippen LogP contribution in [0.5, 0.6) is 5.75 Å². The van der Waals surface area contributed by atoms with Crippen LogP contribution in [0.1, 0.15) is 5.56 Å². The summed E-state index contributed by atoms with van der Waals surface area (Å²) in [4.78, 5) is 1.07. The van der Waals surface area contributed by atoms with Crippen molar-refractivity contribution in [1.29, 1.82) is 5.26 Å². The van der Waals surface area contributed by atoms with Crippen molar-refractivity contribution in [3.05, 3.63) is 65.6 Å². The number of ether oxygens (including phenoxy) is 1. The highest BCUT2D eigenvalue weighted by Crippen LogP contribution is 2.26. The summed E-state index contributed by atoms with van der Waals surface area (Å²) in [6.45, 7) is 0. The van der Waals surface area contributed by atoms with Crippen molar-refractivity contribution in [3.63, 3.8) is 0 Å². The predicted octanol–water partition coefficient (Wildman–Crippen LogP) is 4.35. The van der Waals surface area contributed by atoms with Gasteiger partial charge in [-0.25, -0.2) is 0 Å². The van der Waals surface area contributed by atoms with Gasteiger partial charge in [-0.05, 0) is 35.2 Å². The zero-order valence-electron chi connectivity index (χ0n) is 10.5. The van der Waals surface area contributed by atoms with E-state index in [-0.39, 0.29) is 0 Å². The molecule has 0 heterocycles. The van der Waals surface area contributed by atoms with Crippen molar-refractivity contribution >= 4 is 17.3 Å². The highest BCUT2D eigenvalue weighted by Gasteiger charge is 2.00. The van der Waals surface area contributed by atoms with E-state index in [1.165, 1.54) is 11.8 Å². The molecule has 0 saturated heterocycles. The number of hydrogen-bond donors (Lipinski definition) is 0. The summed E-state index contributed by atoms with van der Waals surface area (Å²) < 4.78 is 5.11. The lowest BCUT2D eigenvalue weighted by molar-refractivity contribution is 0.414. The summed E-state index contributed by atoms with van der Waals surface area (Å²) in [7, 11) is 1.64. The number of thioether (sulfide) groups is 1. The molecule has 0 amide bonds. The molecule has 0 N–H and O–H groups in total. The van der Waals surface area contributed by atoms with Gasteiger partial charge in [0.1, 0.15) is 11.8 Å². The van der Waals surface area contributed by atoms with Gasteiger partial charge in [-0.1, -0.05) is 42.1 Å². The largest absolute Gasteiger partial charge is 0.497 e. The molecule has 0 fully saturated rings.